The molecule has 6 heteroatoms. The minimum absolute atomic E-state index is 0. The molecule has 0 bridgehead atoms. The molecule has 0 radical (unpaired) electrons. The van der Waals surface area contributed by atoms with Gasteiger partial charge >= 0.3 is 5.97 Å². The van der Waals surface area contributed by atoms with Crippen molar-refractivity contribution in [2.24, 2.45) is 11.5 Å². The third-order valence-electron chi connectivity index (χ3n) is 0.738. The molecule has 5 nitrogen and oxygen atoms in total. The number of hydrogen-bond donors (Lipinski definition) is 3. The summed E-state index contributed by atoms with van der Waals surface area (Å²) in [6.07, 6.45) is -0.310. The average Bonchev–Trinajstić information content (AvgIpc) is 1.63. The first-order valence-corrected chi connectivity index (χ1v) is 2.30. The monoisotopic (exact) mass is 196 g/mol. The van der Waals surface area contributed by atoms with Crippen molar-refractivity contribution in [3.63, 3.8) is 0 Å². The normalized spacial score (nSPS) is 11.3. The molecular weight excluding hydrogens is 189 g/mol. The molecule has 5 N–H and O–H groups in total. The van der Waals surface area contributed by atoms with Crippen LogP contribution in [0, 0.1) is 0 Å². The number of hydrogen-bond acceptors (Lipinski definition) is 3. The SMILES string of the molecule is NC(=O)CC(N)C(=O)O.[Zn]. The Morgan fingerprint density at radius 2 is 1.90 bits per heavy atom. The van der Waals surface area contributed by atoms with Crippen LogP contribution >= 0.6 is 0 Å². The zero-order valence-electron chi connectivity index (χ0n) is 5.41. The van der Waals surface area contributed by atoms with Gasteiger partial charge in [-0.05, 0) is 0 Å². The van der Waals surface area contributed by atoms with E-state index >= 15 is 0 Å². The van der Waals surface area contributed by atoms with Crippen molar-refractivity contribution in [3.8, 4) is 0 Å². The van der Waals surface area contributed by atoms with Crippen LogP contribution in [-0.2, 0) is 29.1 Å². The number of carboxylic acid groups (broad SMARTS) is 1. The Morgan fingerprint density at radius 1 is 1.50 bits per heavy atom. The maximum absolute atomic E-state index is 9.99. The van der Waals surface area contributed by atoms with Gasteiger partial charge in [0.1, 0.15) is 6.04 Å². The van der Waals surface area contributed by atoms with Crippen molar-refractivity contribution in [1.29, 1.82) is 0 Å². The summed E-state index contributed by atoms with van der Waals surface area (Å²) in [5.41, 5.74) is 9.57. The molecule has 0 spiro atoms. The third-order valence-corrected chi connectivity index (χ3v) is 0.738. The molecule has 1 amide bonds. The Kier molecular flexibility index (Phi) is 6.50. The number of primary amides is 1. The molecule has 0 heterocycles. The first kappa shape index (κ1) is 12.2. The van der Waals surface area contributed by atoms with Gasteiger partial charge in [0.25, 0.3) is 0 Å². The van der Waals surface area contributed by atoms with Gasteiger partial charge in [-0.1, -0.05) is 0 Å². The van der Waals surface area contributed by atoms with Gasteiger partial charge in [-0.2, -0.15) is 0 Å². The molecule has 1 unspecified atom stereocenters. The molecule has 0 saturated heterocycles. The minimum Gasteiger partial charge on any atom is -0.480 e. The van der Waals surface area contributed by atoms with Crippen molar-refractivity contribution in [2.45, 2.75) is 12.5 Å². The van der Waals surface area contributed by atoms with E-state index in [1.54, 1.807) is 0 Å². The van der Waals surface area contributed by atoms with E-state index in [9.17, 15) is 9.59 Å². The number of carbonyl (C=O) groups excluding carboxylic acids is 1. The number of rotatable bonds is 3. The van der Waals surface area contributed by atoms with Gasteiger partial charge in [-0.15, -0.1) is 0 Å². The summed E-state index contributed by atoms with van der Waals surface area (Å²) >= 11 is 0. The van der Waals surface area contributed by atoms with Gasteiger partial charge in [0.15, 0.2) is 0 Å². The molecule has 0 fully saturated rings. The van der Waals surface area contributed by atoms with Crippen LogP contribution in [0.25, 0.3) is 0 Å². The number of aliphatic carboxylic acids is 1. The third kappa shape index (κ3) is 5.66. The van der Waals surface area contributed by atoms with Gasteiger partial charge < -0.3 is 16.6 Å². The average molecular weight is 198 g/mol. The molecular formula is C4H8N2O3Zn. The topological polar surface area (TPSA) is 106 Å². The number of carboxylic acids is 1. The minimum atomic E-state index is -1.21. The standard InChI is InChI=1S/C4H8N2O3.Zn/c5-2(4(8)9)1-3(6)7;/h2H,1,5H2,(H2,6,7)(H,8,9);. The molecule has 10 heavy (non-hydrogen) atoms. The molecule has 0 aromatic heterocycles. The summed E-state index contributed by atoms with van der Waals surface area (Å²) in [5.74, 6) is -1.92. The molecule has 0 aromatic carbocycles. The summed E-state index contributed by atoms with van der Waals surface area (Å²) < 4.78 is 0. The molecule has 0 aliphatic rings. The van der Waals surface area contributed by atoms with Crippen LogP contribution in [-0.4, -0.2) is 23.0 Å². The van der Waals surface area contributed by atoms with Crippen LogP contribution in [0.3, 0.4) is 0 Å². The maximum Gasteiger partial charge on any atom is 0.321 e. The first-order valence-electron chi connectivity index (χ1n) is 2.30. The van der Waals surface area contributed by atoms with Crippen molar-refractivity contribution >= 4 is 11.9 Å². The largest absolute Gasteiger partial charge is 0.480 e. The Balaban J connectivity index is 0. The van der Waals surface area contributed by atoms with Crippen LogP contribution in [0.5, 0.6) is 0 Å². The molecule has 1 atom stereocenters. The number of amides is 1. The Morgan fingerprint density at radius 3 is 2.00 bits per heavy atom. The van der Waals surface area contributed by atoms with Crippen LogP contribution in [0.2, 0.25) is 0 Å². The summed E-state index contributed by atoms with van der Waals surface area (Å²) in [5, 5.41) is 8.10. The summed E-state index contributed by atoms with van der Waals surface area (Å²) in [4.78, 5) is 19.9. The van der Waals surface area contributed by atoms with Crippen LogP contribution in [0.1, 0.15) is 6.42 Å². The second-order valence-electron chi connectivity index (χ2n) is 1.62. The second kappa shape index (κ2) is 5.32. The van der Waals surface area contributed by atoms with Crippen LogP contribution in [0.4, 0.5) is 0 Å². The van der Waals surface area contributed by atoms with Crippen molar-refractivity contribution < 1.29 is 34.2 Å². The van der Waals surface area contributed by atoms with Crippen molar-refractivity contribution in [2.75, 3.05) is 0 Å². The van der Waals surface area contributed by atoms with E-state index in [-0.39, 0.29) is 25.9 Å². The molecule has 0 rings (SSSR count). The van der Waals surface area contributed by atoms with E-state index in [0.717, 1.165) is 0 Å². The molecule has 0 aromatic rings. The summed E-state index contributed by atoms with van der Waals surface area (Å²) in [6.45, 7) is 0. The van der Waals surface area contributed by atoms with Gasteiger partial charge in [0, 0.05) is 19.5 Å². The fourth-order valence-electron chi connectivity index (χ4n) is 0.304. The number of nitrogens with two attached hydrogens (primary N) is 2. The summed E-state index contributed by atoms with van der Waals surface area (Å²) in [7, 11) is 0. The van der Waals surface area contributed by atoms with Gasteiger partial charge in [0.2, 0.25) is 5.91 Å². The zero-order chi connectivity index (χ0) is 7.44. The van der Waals surface area contributed by atoms with E-state index in [0.29, 0.717) is 0 Å². The van der Waals surface area contributed by atoms with Crippen LogP contribution in [0.15, 0.2) is 0 Å². The van der Waals surface area contributed by atoms with Gasteiger partial charge in [-0.25, -0.2) is 0 Å². The van der Waals surface area contributed by atoms with Crippen molar-refractivity contribution in [3.05, 3.63) is 0 Å². The predicted molar refractivity (Wildman–Crippen MR) is 29.4 cm³/mol. The molecule has 0 aliphatic carbocycles. The van der Waals surface area contributed by atoms with E-state index in [1.807, 2.05) is 0 Å². The Hall–Kier alpha value is -0.477. The second-order valence-corrected chi connectivity index (χ2v) is 1.62. The van der Waals surface area contributed by atoms with Gasteiger partial charge in [-0.3, -0.25) is 9.59 Å². The number of carbonyl (C=O) groups is 2. The van der Waals surface area contributed by atoms with Crippen molar-refractivity contribution in [1.82, 2.24) is 0 Å². The van der Waals surface area contributed by atoms with E-state index < -0.39 is 17.9 Å². The van der Waals surface area contributed by atoms with Gasteiger partial charge in [0.05, 0.1) is 6.42 Å². The molecule has 0 aliphatic heterocycles. The van der Waals surface area contributed by atoms with E-state index in [4.69, 9.17) is 10.8 Å². The predicted octanol–water partition coefficient (Wildman–Crippen LogP) is -1.73. The first-order chi connectivity index (χ1) is 4.04. The smallest absolute Gasteiger partial charge is 0.321 e. The fraction of sp³-hybridized carbons (Fsp3) is 0.500. The maximum atomic E-state index is 9.99. The van der Waals surface area contributed by atoms with E-state index in [1.165, 1.54) is 0 Å². The van der Waals surface area contributed by atoms with E-state index in [2.05, 4.69) is 5.73 Å². The fourth-order valence-corrected chi connectivity index (χ4v) is 0.304. The quantitative estimate of drug-likeness (QED) is 0.468. The zero-order valence-corrected chi connectivity index (χ0v) is 8.38. The molecule has 54 valence electrons. The molecule has 0 saturated carbocycles. The Bertz CT molecular complexity index is 138. The summed E-state index contributed by atoms with van der Waals surface area (Å²) in [6, 6.07) is -1.16. The van der Waals surface area contributed by atoms with Crippen LogP contribution < -0.4 is 11.5 Å². The Labute approximate surface area is 70.5 Å².